The lowest BCUT2D eigenvalue weighted by molar-refractivity contribution is -0.158. The quantitative estimate of drug-likeness (QED) is 0.366. The summed E-state index contributed by atoms with van der Waals surface area (Å²) in [6, 6.07) is 13.9. The van der Waals surface area contributed by atoms with Gasteiger partial charge in [-0.25, -0.2) is 4.79 Å². The van der Waals surface area contributed by atoms with Crippen LogP contribution < -0.4 is 15.2 Å². The number of hydrogen-bond donors (Lipinski definition) is 1. The highest BCUT2D eigenvalue weighted by Crippen LogP contribution is 2.30. The Morgan fingerprint density at radius 3 is 2.52 bits per heavy atom. The highest BCUT2D eigenvalue weighted by molar-refractivity contribution is 5.77. The van der Waals surface area contributed by atoms with Crippen LogP contribution in [0.25, 0.3) is 0 Å². The van der Waals surface area contributed by atoms with Crippen LogP contribution >= 0.6 is 0 Å². The molecule has 0 radical (unpaired) electrons. The molecule has 0 aliphatic carbocycles. The van der Waals surface area contributed by atoms with E-state index < -0.39 is 12.0 Å². The second-order valence-corrected chi connectivity index (χ2v) is 5.64. The molecule has 0 heterocycles. The third-order valence-electron chi connectivity index (χ3n) is 3.75. The summed E-state index contributed by atoms with van der Waals surface area (Å²) in [5.41, 5.74) is 7.57. The van der Waals surface area contributed by atoms with Crippen molar-refractivity contribution < 1.29 is 28.5 Å². The molecular weight excluding hydrogens is 350 g/mol. The number of ether oxygens (including phenoxy) is 5. The summed E-state index contributed by atoms with van der Waals surface area (Å²) in [5.74, 6) is 0.461. The molecule has 1 atom stereocenters. The van der Waals surface area contributed by atoms with Gasteiger partial charge >= 0.3 is 5.97 Å². The smallest absolute Gasteiger partial charge is 0.329 e. The van der Waals surface area contributed by atoms with Crippen molar-refractivity contribution >= 4 is 5.97 Å². The summed E-state index contributed by atoms with van der Waals surface area (Å²) in [7, 11) is 3.11. The van der Waals surface area contributed by atoms with Crippen molar-refractivity contribution in [2.24, 2.45) is 5.73 Å². The molecule has 0 saturated carbocycles. The summed E-state index contributed by atoms with van der Waals surface area (Å²) < 4.78 is 26.1. The Kier molecular flexibility index (Phi) is 8.57. The lowest BCUT2D eigenvalue weighted by atomic mass is 10.1. The van der Waals surface area contributed by atoms with Crippen molar-refractivity contribution in [1.82, 2.24) is 0 Å². The van der Waals surface area contributed by atoms with Crippen molar-refractivity contribution in [2.45, 2.75) is 12.6 Å². The third kappa shape index (κ3) is 6.56. The maximum absolute atomic E-state index is 12.1. The first kappa shape index (κ1) is 20.7. The molecule has 146 valence electrons. The van der Waals surface area contributed by atoms with Crippen molar-refractivity contribution in [3.05, 3.63) is 59.7 Å². The van der Waals surface area contributed by atoms with Crippen molar-refractivity contribution in [3.8, 4) is 11.5 Å². The second kappa shape index (κ2) is 11.2. The van der Waals surface area contributed by atoms with Gasteiger partial charge in [0.15, 0.2) is 18.3 Å². The Hall–Kier alpha value is -2.61. The van der Waals surface area contributed by atoms with E-state index in [0.29, 0.717) is 36.9 Å². The number of hydrogen-bond acceptors (Lipinski definition) is 7. The molecule has 7 nitrogen and oxygen atoms in total. The minimum atomic E-state index is -0.957. The summed E-state index contributed by atoms with van der Waals surface area (Å²) in [6.07, 6.45) is 0. The van der Waals surface area contributed by atoms with E-state index in [4.69, 9.17) is 29.4 Å². The molecule has 7 heteroatoms. The number of nitrogens with two attached hydrogens (primary N) is 1. The molecule has 0 bridgehead atoms. The van der Waals surface area contributed by atoms with Crippen molar-refractivity contribution in [2.75, 3.05) is 34.2 Å². The van der Waals surface area contributed by atoms with Crippen LogP contribution in [0.3, 0.4) is 0 Å². The largest absolute Gasteiger partial charge is 0.493 e. The highest BCUT2D eigenvalue weighted by atomic mass is 16.7. The highest BCUT2D eigenvalue weighted by Gasteiger charge is 2.19. The first-order chi connectivity index (χ1) is 13.2. The maximum atomic E-state index is 12.1. The molecule has 0 amide bonds. The summed E-state index contributed by atoms with van der Waals surface area (Å²) in [4.78, 5) is 12.1. The van der Waals surface area contributed by atoms with Crippen LogP contribution in [0.4, 0.5) is 0 Å². The van der Waals surface area contributed by atoms with Gasteiger partial charge in [-0.1, -0.05) is 36.4 Å². The standard InChI is InChI=1S/C20H25NO6/c1-23-10-11-25-14-27-20(22)19(21)16-8-9-17(24-2)18(12-16)26-13-15-6-4-3-5-7-15/h3-9,12,19H,10-11,13-14,21H2,1-2H3/t19-/m1/s1. The molecular formula is C20H25NO6. The third-order valence-corrected chi connectivity index (χ3v) is 3.75. The van der Waals surface area contributed by atoms with Gasteiger partial charge in [0.05, 0.1) is 20.3 Å². The van der Waals surface area contributed by atoms with Gasteiger partial charge < -0.3 is 29.4 Å². The SMILES string of the molecule is COCCOCOC(=O)[C@H](N)c1ccc(OC)c(OCc2ccccc2)c1. The molecule has 0 saturated heterocycles. The van der Waals surface area contributed by atoms with Crippen molar-refractivity contribution in [1.29, 1.82) is 0 Å². The van der Waals surface area contributed by atoms with E-state index in [1.807, 2.05) is 30.3 Å². The van der Waals surface area contributed by atoms with Gasteiger partial charge in [-0.15, -0.1) is 0 Å². The zero-order valence-corrected chi connectivity index (χ0v) is 15.6. The zero-order valence-electron chi connectivity index (χ0n) is 15.6. The van der Waals surface area contributed by atoms with Gasteiger partial charge in [0.25, 0.3) is 0 Å². The molecule has 2 N–H and O–H groups in total. The Bertz CT molecular complexity index is 707. The van der Waals surface area contributed by atoms with Gasteiger partial charge in [0.2, 0.25) is 0 Å². The van der Waals surface area contributed by atoms with Crippen LogP contribution in [0.2, 0.25) is 0 Å². The van der Waals surface area contributed by atoms with E-state index in [1.165, 1.54) is 0 Å². The van der Waals surface area contributed by atoms with Gasteiger partial charge in [-0.05, 0) is 23.3 Å². The number of methoxy groups -OCH3 is 2. The fourth-order valence-corrected chi connectivity index (χ4v) is 2.26. The van der Waals surface area contributed by atoms with E-state index >= 15 is 0 Å². The van der Waals surface area contributed by atoms with E-state index in [2.05, 4.69) is 0 Å². The normalized spacial score (nSPS) is 11.7. The van der Waals surface area contributed by atoms with E-state index in [9.17, 15) is 4.79 Å². The second-order valence-electron chi connectivity index (χ2n) is 5.64. The van der Waals surface area contributed by atoms with Crippen LogP contribution in [-0.4, -0.2) is 40.2 Å². The van der Waals surface area contributed by atoms with Crippen molar-refractivity contribution in [3.63, 3.8) is 0 Å². The molecule has 2 aromatic carbocycles. The number of rotatable bonds is 11. The van der Waals surface area contributed by atoms with Gasteiger partial charge in [0.1, 0.15) is 12.6 Å². The predicted molar refractivity (Wildman–Crippen MR) is 99.5 cm³/mol. The topological polar surface area (TPSA) is 89.2 Å². The summed E-state index contributed by atoms with van der Waals surface area (Å²) >= 11 is 0. The summed E-state index contributed by atoms with van der Waals surface area (Å²) in [5, 5.41) is 0. The molecule has 0 aromatic heterocycles. The Morgan fingerprint density at radius 2 is 1.81 bits per heavy atom. The number of carbonyl (C=O) groups is 1. The predicted octanol–water partition coefficient (Wildman–Crippen LogP) is 2.44. The Morgan fingerprint density at radius 1 is 1.04 bits per heavy atom. The first-order valence-electron chi connectivity index (χ1n) is 8.49. The molecule has 0 aliphatic rings. The number of esters is 1. The number of benzene rings is 2. The Balaban J connectivity index is 1.98. The lowest BCUT2D eigenvalue weighted by Crippen LogP contribution is -2.25. The fraction of sp³-hybridized carbons (Fsp3) is 0.350. The van der Waals surface area contributed by atoms with Gasteiger partial charge in [-0.3, -0.25) is 0 Å². The minimum absolute atomic E-state index is 0.177. The molecule has 27 heavy (non-hydrogen) atoms. The molecule has 0 spiro atoms. The van der Waals surface area contributed by atoms with Crippen LogP contribution in [0.15, 0.2) is 48.5 Å². The average molecular weight is 375 g/mol. The van der Waals surface area contributed by atoms with E-state index in [-0.39, 0.29) is 6.79 Å². The monoisotopic (exact) mass is 375 g/mol. The lowest BCUT2D eigenvalue weighted by Gasteiger charge is -2.16. The van der Waals surface area contributed by atoms with Crippen LogP contribution in [0.5, 0.6) is 11.5 Å². The van der Waals surface area contributed by atoms with E-state index in [1.54, 1.807) is 32.4 Å². The molecule has 0 unspecified atom stereocenters. The average Bonchev–Trinajstić information content (AvgIpc) is 2.72. The first-order valence-corrected chi connectivity index (χ1v) is 8.49. The van der Waals surface area contributed by atoms with Crippen LogP contribution in [0, 0.1) is 0 Å². The summed E-state index contributed by atoms with van der Waals surface area (Å²) in [6.45, 7) is 0.945. The molecule has 0 fully saturated rings. The fourth-order valence-electron chi connectivity index (χ4n) is 2.26. The molecule has 0 aliphatic heterocycles. The van der Waals surface area contributed by atoms with Crippen LogP contribution in [-0.2, 0) is 25.6 Å². The maximum Gasteiger partial charge on any atom is 0.329 e. The molecule has 2 aromatic rings. The minimum Gasteiger partial charge on any atom is -0.493 e. The van der Waals surface area contributed by atoms with Crippen LogP contribution in [0.1, 0.15) is 17.2 Å². The Labute approximate surface area is 158 Å². The number of carbonyl (C=O) groups excluding carboxylic acids is 1. The van der Waals surface area contributed by atoms with Gasteiger partial charge in [0, 0.05) is 7.11 Å². The zero-order chi connectivity index (χ0) is 19.5. The molecule has 2 rings (SSSR count). The van der Waals surface area contributed by atoms with Gasteiger partial charge in [-0.2, -0.15) is 0 Å². The van der Waals surface area contributed by atoms with E-state index in [0.717, 1.165) is 5.56 Å².